The number of ether oxygens (including phenoxy) is 2. The summed E-state index contributed by atoms with van der Waals surface area (Å²) in [6.45, 7) is 4.02. The van der Waals surface area contributed by atoms with Gasteiger partial charge in [0.25, 0.3) is 0 Å². The Morgan fingerprint density at radius 2 is 1.84 bits per heavy atom. The maximum Gasteiger partial charge on any atom is 0.227 e. The minimum absolute atomic E-state index is 0. The van der Waals surface area contributed by atoms with Crippen molar-refractivity contribution in [1.82, 2.24) is 10.6 Å². The molecule has 1 aliphatic rings. The van der Waals surface area contributed by atoms with E-state index in [2.05, 4.69) is 21.7 Å². The number of carbonyl (C=O) groups excluding carboxylic acids is 1. The molecule has 0 spiro atoms. The van der Waals surface area contributed by atoms with Crippen LogP contribution >= 0.6 is 24.0 Å². The number of methoxy groups -OCH3 is 1. The smallest absolute Gasteiger partial charge is 0.227 e. The van der Waals surface area contributed by atoms with E-state index in [4.69, 9.17) is 9.47 Å². The van der Waals surface area contributed by atoms with Gasteiger partial charge in [-0.05, 0) is 43.5 Å². The number of anilines is 1. The molecule has 174 valence electrons. The number of para-hydroxylation sites is 3. The molecule has 1 heterocycles. The minimum atomic E-state index is -0.0772. The van der Waals surface area contributed by atoms with E-state index in [0.29, 0.717) is 37.0 Å². The van der Waals surface area contributed by atoms with Gasteiger partial charge >= 0.3 is 0 Å². The molecule has 1 aliphatic heterocycles. The molecule has 8 heteroatoms. The van der Waals surface area contributed by atoms with E-state index in [1.165, 1.54) is 5.56 Å². The molecule has 0 aromatic heterocycles. The van der Waals surface area contributed by atoms with Gasteiger partial charge in [-0.3, -0.25) is 9.79 Å². The molecular formula is C24H33IN4O3. The van der Waals surface area contributed by atoms with Crippen LogP contribution in [0.15, 0.2) is 53.5 Å². The molecule has 1 unspecified atom stereocenters. The second-order valence-corrected chi connectivity index (χ2v) is 7.49. The lowest BCUT2D eigenvalue weighted by Crippen LogP contribution is -2.42. The quantitative estimate of drug-likeness (QED) is 0.215. The molecule has 1 atom stereocenters. The SMILES string of the molecule is CN=C(NCCCC(=O)N1CCc2ccccc21)NCC(C)Oc1ccccc1OC.I. The molecule has 3 rings (SSSR count). The van der Waals surface area contributed by atoms with Gasteiger partial charge in [0.15, 0.2) is 17.5 Å². The largest absolute Gasteiger partial charge is 0.493 e. The summed E-state index contributed by atoms with van der Waals surface area (Å²) < 4.78 is 11.3. The van der Waals surface area contributed by atoms with Crippen molar-refractivity contribution in [3.05, 3.63) is 54.1 Å². The summed E-state index contributed by atoms with van der Waals surface area (Å²) >= 11 is 0. The van der Waals surface area contributed by atoms with Crippen molar-refractivity contribution in [2.45, 2.75) is 32.3 Å². The maximum atomic E-state index is 12.6. The molecule has 2 aromatic rings. The molecule has 32 heavy (non-hydrogen) atoms. The second kappa shape index (κ2) is 13.1. The maximum absolute atomic E-state index is 12.6. The summed E-state index contributed by atoms with van der Waals surface area (Å²) in [5, 5.41) is 6.53. The molecule has 0 aliphatic carbocycles. The first-order valence-corrected chi connectivity index (χ1v) is 10.7. The van der Waals surface area contributed by atoms with E-state index in [9.17, 15) is 4.79 Å². The fraction of sp³-hybridized carbons (Fsp3) is 0.417. The monoisotopic (exact) mass is 552 g/mol. The van der Waals surface area contributed by atoms with Gasteiger partial charge in [-0.1, -0.05) is 30.3 Å². The second-order valence-electron chi connectivity index (χ2n) is 7.49. The van der Waals surface area contributed by atoms with E-state index in [1.54, 1.807) is 14.2 Å². The third-order valence-corrected chi connectivity index (χ3v) is 5.23. The average Bonchev–Trinajstić information content (AvgIpc) is 3.23. The highest BCUT2D eigenvalue weighted by molar-refractivity contribution is 14.0. The van der Waals surface area contributed by atoms with Crippen LogP contribution in [0, 0.1) is 0 Å². The van der Waals surface area contributed by atoms with Gasteiger partial charge in [0.05, 0.1) is 13.7 Å². The zero-order valence-electron chi connectivity index (χ0n) is 19.0. The predicted molar refractivity (Wildman–Crippen MR) is 140 cm³/mol. The summed E-state index contributed by atoms with van der Waals surface area (Å²) in [7, 11) is 3.36. The summed E-state index contributed by atoms with van der Waals surface area (Å²) in [5.74, 6) is 2.29. The van der Waals surface area contributed by atoms with Gasteiger partial charge in [0.1, 0.15) is 6.10 Å². The van der Waals surface area contributed by atoms with Gasteiger partial charge in [-0.25, -0.2) is 0 Å². The number of guanidine groups is 1. The Bertz CT molecular complexity index is 906. The Labute approximate surface area is 207 Å². The number of amides is 1. The van der Waals surface area contributed by atoms with E-state index in [-0.39, 0.29) is 36.0 Å². The summed E-state index contributed by atoms with van der Waals surface area (Å²) in [5.41, 5.74) is 2.31. The Morgan fingerprint density at radius 3 is 2.59 bits per heavy atom. The van der Waals surface area contributed by atoms with E-state index in [0.717, 1.165) is 25.1 Å². The zero-order chi connectivity index (χ0) is 22.1. The van der Waals surface area contributed by atoms with Crippen LogP contribution in [-0.2, 0) is 11.2 Å². The number of halogens is 1. The molecular weight excluding hydrogens is 519 g/mol. The van der Waals surface area contributed by atoms with Crippen LogP contribution in [0.5, 0.6) is 11.5 Å². The van der Waals surface area contributed by atoms with Crippen LogP contribution in [0.2, 0.25) is 0 Å². The molecule has 0 saturated heterocycles. The number of carbonyl (C=O) groups is 1. The predicted octanol–water partition coefficient (Wildman–Crippen LogP) is 3.62. The third kappa shape index (κ3) is 7.01. The van der Waals surface area contributed by atoms with Crippen LogP contribution in [0.3, 0.4) is 0 Å². The van der Waals surface area contributed by atoms with Crippen molar-refractivity contribution in [2.75, 3.05) is 38.7 Å². The fourth-order valence-corrected chi connectivity index (χ4v) is 3.61. The Balaban J connectivity index is 0.00000363. The molecule has 0 bridgehead atoms. The summed E-state index contributed by atoms with van der Waals surface area (Å²) in [4.78, 5) is 18.7. The highest BCUT2D eigenvalue weighted by Crippen LogP contribution is 2.28. The van der Waals surface area contributed by atoms with Crippen molar-refractivity contribution in [1.29, 1.82) is 0 Å². The van der Waals surface area contributed by atoms with Gasteiger partial charge in [-0.15, -0.1) is 24.0 Å². The number of rotatable bonds is 9. The first-order valence-electron chi connectivity index (χ1n) is 10.7. The van der Waals surface area contributed by atoms with Crippen molar-refractivity contribution < 1.29 is 14.3 Å². The number of fused-ring (bicyclic) bond motifs is 1. The fourth-order valence-electron chi connectivity index (χ4n) is 3.61. The molecule has 7 nitrogen and oxygen atoms in total. The highest BCUT2D eigenvalue weighted by Gasteiger charge is 2.23. The number of benzene rings is 2. The van der Waals surface area contributed by atoms with Gasteiger partial charge in [-0.2, -0.15) is 0 Å². The molecule has 0 fully saturated rings. The molecule has 2 N–H and O–H groups in total. The molecule has 1 amide bonds. The zero-order valence-corrected chi connectivity index (χ0v) is 21.3. The standard InChI is InChI=1S/C24H32N4O3.HI/c1-18(31-22-12-7-6-11-21(22)30-3)17-27-24(25-2)26-15-8-13-23(29)28-16-14-19-9-4-5-10-20(19)28;/h4-7,9-12,18H,8,13-17H2,1-3H3,(H2,25,26,27);1H. The first kappa shape index (κ1) is 25.8. The average molecular weight is 552 g/mol. The number of aliphatic imine (C=N–C) groups is 1. The number of hydrogen-bond donors (Lipinski definition) is 2. The van der Waals surface area contributed by atoms with Crippen LogP contribution in [0.25, 0.3) is 0 Å². The lowest BCUT2D eigenvalue weighted by Gasteiger charge is -2.19. The van der Waals surface area contributed by atoms with Crippen molar-refractivity contribution >= 4 is 41.5 Å². The normalized spacial score (nSPS) is 13.6. The molecule has 0 saturated carbocycles. The number of nitrogens with one attached hydrogen (secondary N) is 2. The van der Waals surface area contributed by atoms with E-state index >= 15 is 0 Å². The minimum Gasteiger partial charge on any atom is -0.493 e. The van der Waals surface area contributed by atoms with E-state index in [1.807, 2.05) is 54.3 Å². The van der Waals surface area contributed by atoms with Gasteiger partial charge < -0.3 is 25.0 Å². The topological polar surface area (TPSA) is 75.2 Å². The summed E-state index contributed by atoms with van der Waals surface area (Å²) in [6.07, 6.45) is 2.11. The molecule has 0 radical (unpaired) electrons. The number of nitrogens with zero attached hydrogens (tertiary/aromatic N) is 2. The van der Waals surface area contributed by atoms with Crippen LogP contribution in [0.1, 0.15) is 25.3 Å². The van der Waals surface area contributed by atoms with Crippen molar-refractivity contribution in [2.24, 2.45) is 4.99 Å². The van der Waals surface area contributed by atoms with Crippen LogP contribution in [0.4, 0.5) is 5.69 Å². The Morgan fingerprint density at radius 1 is 1.12 bits per heavy atom. The third-order valence-electron chi connectivity index (χ3n) is 5.23. The lowest BCUT2D eigenvalue weighted by atomic mass is 10.2. The highest BCUT2D eigenvalue weighted by atomic mass is 127. The lowest BCUT2D eigenvalue weighted by molar-refractivity contribution is -0.118. The summed E-state index contributed by atoms with van der Waals surface area (Å²) in [6, 6.07) is 15.7. The van der Waals surface area contributed by atoms with Crippen molar-refractivity contribution in [3.63, 3.8) is 0 Å². The van der Waals surface area contributed by atoms with Crippen molar-refractivity contribution in [3.8, 4) is 11.5 Å². The van der Waals surface area contributed by atoms with Crippen LogP contribution in [-0.4, -0.2) is 51.8 Å². The Kier molecular flexibility index (Phi) is 10.6. The number of hydrogen-bond acceptors (Lipinski definition) is 4. The van der Waals surface area contributed by atoms with E-state index < -0.39 is 0 Å². The Hall–Kier alpha value is -2.49. The van der Waals surface area contributed by atoms with Gasteiger partial charge in [0.2, 0.25) is 5.91 Å². The van der Waals surface area contributed by atoms with Gasteiger partial charge in [0, 0.05) is 32.2 Å². The molecule has 2 aromatic carbocycles. The van der Waals surface area contributed by atoms with Crippen LogP contribution < -0.4 is 25.0 Å². The first-order chi connectivity index (χ1) is 15.1.